The molecular weight excluding hydrogens is 874 g/mol. The third kappa shape index (κ3) is 15.6. The number of amides is 4. The molecule has 0 aliphatic carbocycles. The SMILES string of the molecule is NCCCCC(=O)Nc1cc(Br)cc(NC(=O)c2cc(C(=O)Nc3cc(Br)cc(NC(=O)CCCCN)c3SCCN=C(N)N)ncn2)c1NCCN=C(N)N. The van der Waals surface area contributed by atoms with E-state index in [4.69, 9.17) is 34.4 Å². The lowest BCUT2D eigenvalue weighted by atomic mass is 10.2. The van der Waals surface area contributed by atoms with Crippen LogP contribution in [0.15, 0.2) is 60.5 Å². The van der Waals surface area contributed by atoms with E-state index < -0.39 is 11.8 Å². The molecule has 1 aromatic heterocycles. The number of unbranched alkanes of at least 4 members (excludes halogenated alkanes) is 2. The number of aromatic nitrogens is 2. The highest BCUT2D eigenvalue weighted by Gasteiger charge is 2.21. The molecule has 19 nitrogen and oxygen atoms in total. The highest BCUT2D eigenvalue weighted by atomic mass is 79.9. The molecule has 0 bridgehead atoms. The molecule has 0 spiro atoms. The Kier molecular flexibility index (Phi) is 19.3. The highest BCUT2D eigenvalue weighted by molar-refractivity contribution is 9.10. The van der Waals surface area contributed by atoms with Gasteiger partial charge >= 0.3 is 0 Å². The summed E-state index contributed by atoms with van der Waals surface area (Å²) in [5, 5.41) is 14.6. The maximum Gasteiger partial charge on any atom is 0.274 e. The van der Waals surface area contributed by atoms with Gasteiger partial charge in [-0.2, -0.15) is 0 Å². The van der Waals surface area contributed by atoms with Crippen LogP contribution >= 0.6 is 43.6 Å². The minimum Gasteiger partial charge on any atom is -0.380 e. The fourth-order valence-electron chi connectivity index (χ4n) is 4.88. The molecule has 22 heteroatoms. The van der Waals surface area contributed by atoms with Crippen LogP contribution in [0.2, 0.25) is 0 Å². The molecule has 0 unspecified atom stereocenters. The molecule has 0 saturated heterocycles. The molecule has 2 aromatic carbocycles. The van der Waals surface area contributed by atoms with Gasteiger partial charge in [-0.25, -0.2) is 9.97 Å². The minimum absolute atomic E-state index is 0.0662. The molecule has 0 saturated carbocycles. The van der Waals surface area contributed by atoms with E-state index in [1.54, 1.807) is 24.3 Å². The topological polar surface area (TPSA) is 335 Å². The minimum atomic E-state index is -0.676. The predicted molar refractivity (Wildman–Crippen MR) is 230 cm³/mol. The summed E-state index contributed by atoms with van der Waals surface area (Å²) in [7, 11) is 0. The number of rotatable bonds is 22. The van der Waals surface area contributed by atoms with E-state index in [1.165, 1.54) is 17.8 Å². The average molecular weight is 922 g/mol. The maximum absolute atomic E-state index is 13.7. The van der Waals surface area contributed by atoms with Gasteiger partial charge in [0, 0.05) is 40.2 Å². The van der Waals surface area contributed by atoms with Crippen molar-refractivity contribution >= 4 is 108 Å². The monoisotopic (exact) mass is 919 g/mol. The third-order valence-corrected chi connectivity index (χ3v) is 9.42. The van der Waals surface area contributed by atoms with Crippen LogP contribution in [0.1, 0.15) is 59.5 Å². The van der Waals surface area contributed by atoms with Crippen molar-refractivity contribution in [3.8, 4) is 0 Å². The van der Waals surface area contributed by atoms with Gasteiger partial charge in [-0.15, -0.1) is 11.8 Å². The fraction of sp³-hybridized carbons (Fsp3) is 0.353. The van der Waals surface area contributed by atoms with E-state index in [0.29, 0.717) is 81.1 Å². The van der Waals surface area contributed by atoms with Crippen LogP contribution in [0.4, 0.5) is 28.4 Å². The van der Waals surface area contributed by atoms with Crippen LogP contribution in [0.25, 0.3) is 0 Å². The predicted octanol–water partition coefficient (Wildman–Crippen LogP) is 2.69. The van der Waals surface area contributed by atoms with Crippen molar-refractivity contribution in [2.75, 3.05) is 65.1 Å². The number of halogens is 2. The zero-order valence-electron chi connectivity index (χ0n) is 30.5. The second-order valence-corrected chi connectivity index (χ2v) is 14.8. The Bertz CT molecular complexity index is 1780. The number of guanidine groups is 2. The molecule has 56 heavy (non-hydrogen) atoms. The lowest BCUT2D eigenvalue weighted by Gasteiger charge is -2.19. The van der Waals surface area contributed by atoms with E-state index in [2.05, 4.69) is 78.4 Å². The summed E-state index contributed by atoms with van der Waals surface area (Å²) >= 11 is 8.23. The Morgan fingerprint density at radius 2 is 1.11 bits per heavy atom. The van der Waals surface area contributed by atoms with E-state index in [-0.39, 0.29) is 73.3 Å². The Hall–Kier alpha value is -5.03. The second kappa shape index (κ2) is 23.8. The number of nitrogens with two attached hydrogens (primary N) is 6. The Balaban J connectivity index is 1.90. The van der Waals surface area contributed by atoms with Crippen molar-refractivity contribution in [1.29, 1.82) is 0 Å². The van der Waals surface area contributed by atoms with E-state index in [1.807, 2.05) is 0 Å². The first-order valence-corrected chi connectivity index (χ1v) is 20.0. The Morgan fingerprint density at radius 3 is 1.64 bits per heavy atom. The van der Waals surface area contributed by atoms with Crippen LogP contribution in [-0.2, 0) is 9.59 Å². The van der Waals surface area contributed by atoms with Gasteiger partial charge in [0.05, 0.1) is 46.4 Å². The molecule has 0 fully saturated rings. The van der Waals surface area contributed by atoms with Gasteiger partial charge in [0.15, 0.2) is 11.9 Å². The smallest absolute Gasteiger partial charge is 0.274 e. The first-order chi connectivity index (χ1) is 26.8. The van der Waals surface area contributed by atoms with Crippen molar-refractivity contribution < 1.29 is 19.2 Å². The first-order valence-electron chi connectivity index (χ1n) is 17.4. The van der Waals surface area contributed by atoms with Crippen LogP contribution in [-0.4, -0.2) is 84.0 Å². The molecule has 0 aliphatic rings. The van der Waals surface area contributed by atoms with Gasteiger partial charge in [-0.3, -0.25) is 29.2 Å². The quantitative estimate of drug-likeness (QED) is 0.0299. The molecule has 1 heterocycles. The van der Waals surface area contributed by atoms with E-state index in [9.17, 15) is 19.2 Å². The van der Waals surface area contributed by atoms with Crippen LogP contribution in [0.3, 0.4) is 0 Å². The summed E-state index contributed by atoms with van der Waals surface area (Å²) in [5.41, 5.74) is 34.7. The van der Waals surface area contributed by atoms with Crippen molar-refractivity contribution in [3.63, 3.8) is 0 Å². The largest absolute Gasteiger partial charge is 0.380 e. The normalized spacial score (nSPS) is 10.6. The maximum atomic E-state index is 13.7. The molecule has 0 radical (unpaired) electrons. The molecule has 17 N–H and O–H groups in total. The number of hydrogen-bond donors (Lipinski definition) is 11. The summed E-state index contributed by atoms with van der Waals surface area (Å²) in [5.74, 6) is -1.54. The number of nitrogens with one attached hydrogen (secondary N) is 5. The van der Waals surface area contributed by atoms with E-state index >= 15 is 0 Å². The number of benzene rings is 2. The lowest BCUT2D eigenvalue weighted by molar-refractivity contribution is -0.117. The van der Waals surface area contributed by atoms with Crippen molar-refractivity contribution in [3.05, 3.63) is 57.0 Å². The van der Waals surface area contributed by atoms with Crippen LogP contribution < -0.4 is 61.0 Å². The van der Waals surface area contributed by atoms with Gasteiger partial charge < -0.3 is 61.0 Å². The first kappa shape index (κ1) is 45.4. The summed E-state index contributed by atoms with van der Waals surface area (Å²) in [6.45, 7) is 1.67. The number of aliphatic imine (C=N–C) groups is 2. The van der Waals surface area contributed by atoms with Crippen LogP contribution in [0.5, 0.6) is 0 Å². The molecular formula is C34H47Br2N15O4S. The zero-order valence-corrected chi connectivity index (χ0v) is 34.5. The zero-order chi connectivity index (χ0) is 41.0. The Morgan fingerprint density at radius 1 is 0.643 bits per heavy atom. The molecule has 3 aromatic rings. The van der Waals surface area contributed by atoms with Crippen molar-refractivity contribution in [1.82, 2.24) is 9.97 Å². The second-order valence-electron chi connectivity index (χ2n) is 11.9. The number of hydrogen-bond acceptors (Lipinski definition) is 12. The Labute approximate surface area is 345 Å². The van der Waals surface area contributed by atoms with Crippen LogP contribution in [0, 0.1) is 0 Å². The number of nitrogens with zero attached hydrogens (tertiary/aromatic N) is 4. The highest BCUT2D eigenvalue weighted by Crippen LogP contribution is 2.38. The molecule has 3 rings (SSSR count). The van der Waals surface area contributed by atoms with Gasteiger partial charge in [0.1, 0.15) is 17.7 Å². The summed E-state index contributed by atoms with van der Waals surface area (Å²) < 4.78 is 1.12. The molecule has 0 aliphatic heterocycles. The summed E-state index contributed by atoms with van der Waals surface area (Å²) in [6, 6.07) is 7.94. The summed E-state index contributed by atoms with van der Waals surface area (Å²) in [4.78, 5) is 69.6. The summed E-state index contributed by atoms with van der Waals surface area (Å²) in [6.07, 6.45) is 4.19. The van der Waals surface area contributed by atoms with Crippen molar-refractivity contribution in [2.24, 2.45) is 44.4 Å². The number of anilines is 5. The van der Waals surface area contributed by atoms with Gasteiger partial charge in [-0.1, -0.05) is 31.9 Å². The van der Waals surface area contributed by atoms with E-state index in [0.717, 1.165) is 6.33 Å². The van der Waals surface area contributed by atoms with Gasteiger partial charge in [-0.05, 0) is 63.0 Å². The fourth-order valence-corrected chi connectivity index (χ4v) is 6.71. The lowest BCUT2D eigenvalue weighted by Crippen LogP contribution is -2.24. The number of carbonyl (C=O) groups excluding carboxylic acids is 4. The van der Waals surface area contributed by atoms with Gasteiger partial charge in [0.2, 0.25) is 11.8 Å². The number of carbonyl (C=O) groups is 4. The van der Waals surface area contributed by atoms with Gasteiger partial charge in [0.25, 0.3) is 11.8 Å². The van der Waals surface area contributed by atoms with Crippen molar-refractivity contribution in [2.45, 2.75) is 43.4 Å². The third-order valence-electron chi connectivity index (χ3n) is 7.39. The molecule has 0 atom stereocenters. The standard InChI is InChI=1S/C34H47Br2N15O4S/c35-19-13-21(48-27(52)5-1-3-7-37)29(43-9-10-44-33(39)40)22(14-19)50-31(54)25-17-26(47-18-46-25)32(55)51-24-16-20(36)15-23(49-28(53)6-2-4-8-38)30(24)56-12-11-45-34(41)42/h13-18,43H,1-12,37-38H2,(H,48,52)(H,49,53)(H,50,54)(H,51,55)(H4,39,40,44)(H4,41,42,45). The number of thioether (sulfide) groups is 1. The average Bonchev–Trinajstić information content (AvgIpc) is 3.13. The molecule has 302 valence electrons. The molecule has 4 amide bonds.